The summed E-state index contributed by atoms with van der Waals surface area (Å²) < 4.78 is 5.45. The van der Waals surface area contributed by atoms with E-state index >= 15 is 0 Å². The first-order chi connectivity index (χ1) is 9.24. The van der Waals surface area contributed by atoms with Crippen LogP contribution in [0.25, 0.3) is 0 Å². The summed E-state index contributed by atoms with van der Waals surface area (Å²) in [5.74, 6) is 0.870. The number of hydrogen-bond donors (Lipinski definition) is 0. The lowest BCUT2D eigenvalue weighted by atomic mass is 9.47. The number of nitrogens with zero attached hydrogens (tertiary/aromatic N) is 1. The van der Waals surface area contributed by atoms with E-state index in [4.69, 9.17) is 4.74 Å². The van der Waals surface area contributed by atoms with E-state index in [-0.39, 0.29) is 5.41 Å². The average Bonchev–Trinajstić information content (AvgIpc) is 2.45. The number of para-hydroxylation sites is 1. The molecule has 1 aromatic carbocycles. The third-order valence-corrected chi connectivity index (χ3v) is 5.10. The van der Waals surface area contributed by atoms with Crippen LogP contribution >= 0.6 is 0 Å². The van der Waals surface area contributed by atoms with Gasteiger partial charge in [-0.15, -0.1) is 0 Å². The summed E-state index contributed by atoms with van der Waals surface area (Å²) in [6.45, 7) is 0. The molecular weight excluding hydrogens is 234 g/mol. The van der Waals surface area contributed by atoms with Crippen molar-refractivity contribution in [1.29, 1.82) is 5.26 Å². The fourth-order valence-electron chi connectivity index (χ4n) is 4.25. The minimum absolute atomic E-state index is 0.302. The molecule has 0 heterocycles. The van der Waals surface area contributed by atoms with E-state index < -0.39 is 0 Å². The molecule has 3 rings (SSSR count). The van der Waals surface area contributed by atoms with Crippen molar-refractivity contribution in [3.63, 3.8) is 0 Å². The number of benzene rings is 1. The van der Waals surface area contributed by atoms with Gasteiger partial charge < -0.3 is 4.74 Å². The highest BCUT2D eigenvalue weighted by molar-refractivity contribution is 5.47. The lowest BCUT2D eigenvalue weighted by molar-refractivity contribution is 0.0158. The Labute approximate surface area is 115 Å². The van der Waals surface area contributed by atoms with Crippen LogP contribution in [0.2, 0.25) is 0 Å². The SMILES string of the molecule is COc1ccccc1C1(C#N)CC2(CCCCC2)C1. The normalized spacial score (nSPS) is 23.4. The van der Waals surface area contributed by atoms with E-state index in [2.05, 4.69) is 12.1 Å². The summed E-state index contributed by atoms with van der Waals surface area (Å²) in [5, 5.41) is 9.72. The zero-order valence-electron chi connectivity index (χ0n) is 11.6. The predicted octanol–water partition coefficient (Wildman–Crippen LogP) is 4.20. The first-order valence-corrected chi connectivity index (χ1v) is 7.28. The molecule has 2 heteroatoms. The number of nitriles is 1. The summed E-state index contributed by atoms with van der Waals surface area (Å²) in [6.07, 6.45) is 8.72. The maximum atomic E-state index is 9.72. The molecule has 19 heavy (non-hydrogen) atoms. The Morgan fingerprint density at radius 3 is 2.42 bits per heavy atom. The molecule has 2 fully saturated rings. The highest BCUT2D eigenvalue weighted by atomic mass is 16.5. The molecule has 0 N–H and O–H groups in total. The van der Waals surface area contributed by atoms with Crippen molar-refractivity contribution >= 4 is 0 Å². The van der Waals surface area contributed by atoms with Crippen molar-refractivity contribution in [3.8, 4) is 11.8 Å². The third-order valence-electron chi connectivity index (χ3n) is 5.10. The van der Waals surface area contributed by atoms with Gasteiger partial charge in [-0.25, -0.2) is 0 Å². The molecule has 2 aliphatic carbocycles. The van der Waals surface area contributed by atoms with Gasteiger partial charge in [0.1, 0.15) is 5.75 Å². The molecule has 0 radical (unpaired) electrons. The third kappa shape index (κ3) is 1.92. The molecule has 0 amide bonds. The van der Waals surface area contributed by atoms with E-state index in [9.17, 15) is 5.26 Å². The molecule has 2 aliphatic rings. The van der Waals surface area contributed by atoms with Gasteiger partial charge in [-0.3, -0.25) is 0 Å². The van der Waals surface area contributed by atoms with Gasteiger partial charge in [0.25, 0.3) is 0 Å². The first-order valence-electron chi connectivity index (χ1n) is 7.28. The average molecular weight is 255 g/mol. The van der Waals surface area contributed by atoms with Crippen LogP contribution in [0.3, 0.4) is 0 Å². The van der Waals surface area contributed by atoms with Crippen molar-refractivity contribution in [2.75, 3.05) is 7.11 Å². The highest BCUT2D eigenvalue weighted by Crippen LogP contribution is 2.62. The minimum Gasteiger partial charge on any atom is -0.496 e. The van der Waals surface area contributed by atoms with Crippen LogP contribution in [0.4, 0.5) is 0 Å². The molecule has 0 aliphatic heterocycles. The monoisotopic (exact) mass is 255 g/mol. The van der Waals surface area contributed by atoms with Gasteiger partial charge in [-0.1, -0.05) is 37.5 Å². The molecule has 100 valence electrons. The fourth-order valence-corrected chi connectivity index (χ4v) is 4.25. The van der Waals surface area contributed by atoms with Crippen molar-refractivity contribution in [1.82, 2.24) is 0 Å². The minimum atomic E-state index is -0.302. The lowest BCUT2D eigenvalue weighted by Gasteiger charge is -2.55. The predicted molar refractivity (Wildman–Crippen MR) is 75.0 cm³/mol. The van der Waals surface area contributed by atoms with Crippen molar-refractivity contribution < 1.29 is 4.74 Å². The maximum absolute atomic E-state index is 9.72. The topological polar surface area (TPSA) is 33.0 Å². The van der Waals surface area contributed by atoms with Gasteiger partial charge in [-0.2, -0.15) is 5.26 Å². The zero-order chi connectivity index (χ0) is 13.3. The first kappa shape index (κ1) is 12.5. The van der Waals surface area contributed by atoms with Gasteiger partial charge in [0, 0.05) is 5.56 Å². The summed E-state index contributed by atoms with van der Waals surface area (Å²) in [4.78, 5) is 0. The van der Waals surface area contributed by atoms with E-state index in [0.29, 0.717) is 5.41 Å². The van der Waals surface area contributed by atoms with Gasteiger partial charge in [0.05, 0.1) is 18.6 Å². The lowest BCUT2D eigenvalue weighted by Crippen LogP contribution is -2.49. The van der Waals surface area contributed by atoms with E-state index in [0.717, 1.165) is 24.2 Å². The van der Waals surface area contributed by atoms with E-state index in [1.807, 2.05) is 18.2 Å². The Balaban J connectivity index is 1.89. The van der Waals surface area contributed by atoms with Crippen LogP contribution in [-0.2, 0) is 5.41 Å². The standard InChI is InChI=1S/C17H21NO/c1-19-15-8-4-3-7-14(15)17(13-18)11-16(12-17)9-5-2-6-10-16/h3-4,7-8H,2,5-6,9-12H2,1H3. The van der Waals surface area contributed by atoms with Crippen LogP contribution < -0.4 is 4.74 Å². The summed E-state index contributed by atoms with van der Waals surface area (Å²) in [5.41, 5.74) is 1.25. The van der Waals surface area contributed by atoms with Crippen LogP contribution in [0.15, 0.2) is 24.3 Å². The van der Waals surface area contributed by atoms with Crippen LogP contribution in [0.5, 0.6) is 5.75 Å². The molecule has 0 saturated heterocycles. The fraction of sp³-hybridized carbons (Fsp3) is 0.588. The molecular formula is C17H21NO. The van der Waals surface area contributed by atoms with Gasteiger partial charge >= 0.3 is 0 Å². The Bertz CT molecular complexity index is 500. The molecule has 0 unspecified atom stereocenters. The molecule has 1 spiro atoms. The van der Waals surface area contributed by atoms with Crippen molar-refractivity contribution in [2.45, 2.75) is 50.4 Å². The number of ether oxygens (including phenoxy) is 1. The maximum Gasteiger partial charge on any atom is 0.123 e. The van der Waals surface area contributed by atoms with Gasteiger partial charge in [0.2, 0.25) is 0 Å². The Kier molecular flexibility index (Phi) is 3.01. The Hall–Kier alpha value is -1.49. The number of hydrogen-bond acceptors (Lipinski definition) is 2. The smallest absolute Gasteiger partial charge is 0.123 e. The quantitative estimate of drug-likeness (QED) is 0.793. The molecule has 0 aromatic heterocycles. The Morgan fingerprint density at radius 2 is 1.79 bits per heavy atom. The van der Waals surface area contributed by atoms with Crippen molar-refractivity contribution in [3.05, 3.63) is 29.8 Å². The van der Waals surface area contributed by atoms with E-state index in [1.165, 1.54) is 32.1 Å². The number of methoxy groups -OCH3 is 1. The molecule has 2 saturated carbocycles. The highest BCUT2D eigenvalue weighted by Gasteiger charge is 2.56. The molecule has 0 bridgehead atoms. The second kappa shape index (κ2) is 4.56. The van der Waals surface area contributed by atoms with E-state index in [1.54, 1.807) is 7.11 Å². The van der Waals surface area contributed by atoms with Gasteiger partial charge in [0.15, 0.2) is 0 Å². The zero-order valence-corrected chi connectivity index (χ0v) is 11.6. The second-order valence-electron chi connectivity index (χ2n) is 6.31. The molecule has 1 aromatic rings. The molecule has 2 nitrogen and oxygen atoms in total. The number of rotatable bonds is 2. The summed E-state index contributed by atoms with van der Waals surface area (Å²) >= 11 is 0. The largest absolute Gasteiger partial charge is 0.496 e. The van der Waals surface area contributed by atoms with Crippen LogP contribution in [-0.4, -0.2) is 7.11 Å². The Morgan fingerprint density at radius 1 is 1.11 bits per heavy atom. The summed E-state index contributed by atoms with van der Waals surface area (Å²) in [7, 11) is 1.69. The van der Waals surface area contributed by atoms with Crippen molar-refractivity contribution in [2.24, 2.45) is 5.41 Å². The van der Waals surface area contributed by atoms with Gasteiger partial charge in [-0.05, 0) is 37.2 Å². The second-order valence-corrected chi connectivity index (χ2v) is 6.31. The summed E-state index contributed by atoms with van der Waals surface area (Å²) in [6, 6.07) is 10.6. The van der Waals surface area contributed by atoms with Crippen LogP contribution in [0, 0.1) is 16.7 Å². The molecule has 0 atom stereocenters. The van der Waals surface area contributed by atoms with Crippen LogP contribution in [0.1, 0.15) is 50.5 Å².